The SMILES string of the molecule is CCCCCCCCC(CCCCCCCCF)OC(=O)CCCCCN(CCO)CCCCC(C)C(=O)OCCCCCCCCCCC(C)C. The van der Waals surface area contributed by atoms with Crippen LogP contribution < -0.4 is 0 Å². The summed E-state index contributed by atoms with van der Waals surface area (Å²) in [5.41, 5.74) is 0. The molecule has 0 aliphatic rings. The number of carbonyl (C=O) groups excluding carboxylic acids is 2. The Morgan fingerprint density at radius 3 is 1.62 bits per heavy atom. The number of unbranched alkanes of at least 4 members (excludes halogenated alkanes) is 20. The number of hydrogen-bond acceptors (Lipinski definition) is 6. The minimum atomic E-state index is -0.212. The van der Waals surface area contributed by atoms with Crippen molar-refractivity contribution in [1.82, 2.24) is 4.90 Å². The van der Waals surface area contributed by atoms with E-state index in [1.165, 1.54) is 77.0 Å². The van der Waals surface area contributed by atoms with E-state index in [1.807, 2.05) is 6.92 Å². The maximum Gasteiger partial charge on any atom is 0.308 e. The first-order valence-corrected chi connectivity index (χ1v) is 22.6. The predicted molar refractivity (Wildman–Crippen MR) is 219 cm³/mol. The maximum absolute atomic E-state index is 12.7. The molecule has 0 aromatic heterocycles. The van der Waals surface area contributed by atoms with Gasteiger partial charge >= 0.3 is 11.9 Å². The smallest absolute Gasteiger partial charge is 0.308 e. The number of aliphatic hydroxyl groups is 1. The van der Waals surface area contributed by atoms with Crippen molar-refractivity contribution in [3.05, 3.63) is 0 Å². The van der Waals surface area contributed by atoms with Crippen LogP contribution in [-0.4, -0.2) is 67.6 Å². The van der Waals surface area contributed by atoms with E-state index in [0.717, 1.165) is 122 Å². The van der Waals surface area contributed by atoms with Gasteiger partial charge in [-0.05, 0) is 83.2 Å². The van der Waals surface area contributed by atoms with Crippen LogP contribution in [0.4, 0.5) is 4.39 Å². The Bertz CT molecular complexity index is 766. The van der Waals surface area contributed by atoms with Gasteiger partial charge in [-0.1, -0.05) is 150 Å². The summed E-state index contributed by atoms with van der Waals surface area (Å²) in [4.78, 5) is 27.5. The molecule has 1 N–H and O–H groups in total. The molecule has 0 amide bonds. The van der Waals surface area contributed by atoms with Crippen LogP contribution >= 0.6 is 0 Å². The van der Waals surface area contributed by atoms with Crippen LogP contribution in [0.3, 0.4) is 0 Å². The van der Waals surface area contributed by atoms with Crippen LogP contribution in [0.2, 0.25) is 0 Å². The van der Waals surface area contributed by atoms with Gasteiger partial charge in [-0.2, -0.15) is 0 Å². The topological polar surface area (TPSA) is 76.1 Å². The quantitative estimate of drug-likeness (QED) is 0.0497. The fraction of sp³-hybridized carbons (Fsp3) is 0.956. The highest BCUT2D eigenvalue weighted by Gasteiger charge is 2.16. The third-order valence-electron chi connectivity index (χ3n) is 10.5. The minimum Gasteiger partial charge on any atom is -0.465 e. The van der Waals surface area contributed by atoms with Gasteiger partial charge in [0, 0.05) is 13.0 Å². The second kappa shape index (κ2) is 39.5. The summed E-state index contributed by atoms with van der Waals surface area (Å²) in [6.07, 6.45) is 33.0. The summed E-state index contributed by atoms with van der Waals surface area (Å²) in [5.74, 6) is 0.630. The molecule has 0 aliphatic carbocycles. The van der Waals surface area contributed by atoms with E-state index in [2.05, 4.69) is 25.7 Å². The van der Waals surface area contributed by atoms with E-state index < -0.39 is 0 Å². The van der Waals surface area contributed by atoms with Gasteiger partial charge in [0.2, 0.25) is 0 Å². The summed E-state index contributed by atoms with van der Waals surface area (Å²) < 4.78 is 23.9. The molecule has 0 spiro atoms. The molecule has 0 aromatic carbocycles. The highest BCUT2D eigenvalue weighted by Crippen LogP contribution is 2.19. The largest absolute Gasteiger partial charge is 0.465 e. The van der Waals surface area contributed by atoms with Crippen molar-refractivity contribution >= 4 is 11.9 Å². The average Bonchev–Trinajstić information content (AvgIpc) is 3.12. The van der Waals surface area contributed by atoms with E-state index >= 15 is 0 Å². The highest BCUT2D eigenvalue weighted by molar-refractivity contribution is 5.71. The van der Waals surface area contributed by atoms with Gasteiger partial charge in [0.25, 0.3) is 0 Å². The molecule has 6 nitrogen and oxygen atoms in total. The molecule has 0 saturated heterocycles. The summed E-state index contributed by atoms with van der Waals surface area (Å²) in [6, 6.07) is 0. The molecular formula is C45H88FNO5. The lowest BCUT2D eigenvalue weighted by Crippen LogP contribution is -2.29. The molecule has 0 fully saturated rings. The Labute approximate surface area is 322 Å². The molecule has 310 valence electrons. The normalized spacial score (nSPS) is 12.8. The Balaban J connectivity index is 4.12. The van der Waals surface area contributed by atoms with Gasteiger partial charge in [-0.25, -0.2) is 0 Å². The first-order chi connectivity index (χ1) is 25.3. The summed E-state index contributed by atoms with van der Waals surface area (Å²) in [7, 11) is 0. The zero-order valence-corrected chi connectivity index (χ0v) is 35.1. The Kier molecular flexibility index (Phi) is 38.6. The van der Waals surface area contributed by atoms with E-state index in [-0.39, 0.29) is 37.2 Å². The molecule has 7 heteroatoms. The number of carbonyl (C=O) groups is 2. The third kappa shape index (κ3) is 35.8. The zero-order chi connectivity index (χ0) is 38.3. The van der Waals surface area contributed by atoms with Crippen molar-refractivity contribution < 1.29 is 28.6 Å². The highest BCUT2D eigenvalue weighted by atomic mass is 19.1. The average molecular weight is 742 g/mol. The van der Waals surface area contributed by atoms with Crippen LogP contribution in [0, 0.1) is 11.8 Å². The zero-order valence-electron chi connectivity index (χ0n) is 35.1. The van der Waals surface area contributed by atoms with Crippen LogP contribution in [0.15, 0.2) is 0 Å². The van der Waals surface area contributed by atoms with Gasteiger partial charge in [-0.3, -0.25) is 14.0 Å². The van der Waals surface area contributed by atoms with Crippen LogP contribution in [0.1, 0.15) is 220 Å². The fourth-order valence-electron chi connectivity index (χ4n) is 7.03. The van der Waals surface area contributed by atoms with Crippen molar-refractivity contribution in [1.29, 1.82) is 0 Å². The Morgan fingerprint density at radius 1 is 0.577 bits per heavy atom. The molecule has 0 rings (SSSR count). The summed E-state index contributed by atoms with van der Waals surface area (Å²) >= 11 is 0. The number of halogens is 1. The number of aliphatic hydroxyl groups excluding tert-OH is 1. The van der Waals surface area contributed by atoms with Crippen molar-refractivity contribution in [3.8, 4) is 0 Å². The maximum atomic E-state index is 12.7. The van der Waals surface area contributed by atoms with Gasteiger partial charge < -0.3 is 19.5 Å². The van der Waals surface area contributed by atoms with Crippen LogP contribution in [0.5, 0.6) is 0 Å². The standard InChI is InChI=1S/C45H88FNO5/c1-5-6-7-8-16-22-32-43(33-23-17-12-13-18-26-35-46)52-44(49)34-24-20-27-36-47(38-39-48)37-28-25-31-42(4)45(50)51-40-29-19-14-10-9-11-15-21-30-41(2)3/h41-43,48H,5-40H2,1-4H3. The van der Waals surface area contributed by atoms with Gasteiger partial charge in [-0.15, -0.1) is 0 Å². The molecule has 0 saturated carbocycles. The summed E-state index contributed by atoms with van der Waals surface area (Å²) in [5, 5.41) is 9.59. The van der Waals surface area contributed by atoms with Crippen molar-refractivity contribution in [3.63, 3.8) is 0 Å². The number of alkyl halides is 1. The molecule has 52 heavy (non-hydrogen) atoms. The first-order valence-electron chi connectivity index (χ1n) is 22.6. The Hall–Kier alpha value is -1.21. The monoisotopic (exact) mass is 742 g/mol. The number of rotatable bonds is 41. The van der Waals surface area contributed by atoms with Crippen molar-refractivity contribution in [2.24, 2.45) is 11.8 Å². The van der Waals surface area contributed by atoms with Gasteiger partial charge in [0.1, 0.15) is 6.10 Å². The molecule has 2 unspecified atom stereocenters. The molecule has 0 heterocycles. The lowest BCUT2D eigenvalue weighted by molar-refractivity contribution is -0.150. The number of nitrogens with zero attached hydrogens (tertiary/aromatic N) is 1. The second-order valence-corrected chi connectivity index (χ2v) is 16.2. The van der Waals surface area contributed by atoms with E-state index in [4.69, 9.17) is 9.47 Å². The van der Waals surface area contributed by atoms with E-state index in [1.54, 1.807) is 0 Å². The van der Waals surface area contributed by atoms with Gasteiger partial charge in [0.15, 0.2) is 0 Å². The predicted octanol–water partition coefficient (Wildman–Crippen LogP) is 12.7. The van der Waals surface area contributed by atoms with Crippen molar-refractivity contribution in [2.75, 3.05) is 39.5 Å². The molecule has 0 bridgehead atoms. The third-order valence-corrected chi connectivity index (χ3v) is 10.5. The summed E-state index contributed by atoms with van der Waals surface area (Å²) in [6.45, 7) is 11.8. The van der Waals surface area contributed by atoms with Crippen molar-refractivity contribution in [2.45, 2.75) is 226 Å². The number of hydrogen-bond donors (Lipinski definition) is 1. The van der Waals surface area contributed by atoms with Crippen LogP contribution in [-0.2, 0) is 19.1 Å². The molecular weight excluding hydrogens is 653 g/mol. The lowest BCUT2D eigenvalue weighted by atomic mass is 10.0. The Morgan fingerprint density at radius 2 is 1.06 bits per heavy atom. The van der Waals surface area contributed by atoms with E-state index in [9.17, 15) is 19.1 Å². The lowest BCUT2D eigenvalue weighted by Gasteiger charge is -2.21. The van der Waals surface area contributed by atoms with Crippen LogP contribution in [0.25, 0.3) is 0 Å². The second-order valence-electron chi connectivity index (χ2n) is 16.2. The molecule has 0 radical (unpaired) electrons. The molecule has 0 aliphatic heterocycles. The molecule has 0 aromatic rings. The first kappa shape index (κ1) is 50.8. The minimum absolute atomic E-state index is 0.0306. The number of ether oxygens (including phenoxy) is 2. The molecule has 2 atom stereocenters. The fourth-order valence-corrected chi connectivity index (χ4v) is 7.03. The number of esters is 2. The van der Waals surface area contributed by atoms with Gasteiger partial charge in [0.05, 0.1) is 25.8 Å². The van der Waals surface area contributed by atoms with E-state index in [0.29, 0.717) is 26.0 Å².